The Balaban J connectivity index is 5.37. The number of alkyl carbamates (subject to hydrolysis) is 1. The highest BCUT2D eigenvalue weighted by Crippen LogP contribution is 2.16. The fraction of sp³-hybridized carbons (Fsp3) is 0.722. The first-order valence-electron chi connectivity index (χ1n) is 8.28. The van der Waals surface area contributed by atoms with Crippen molar-refractivity contribution < 1.29 is 28.6 Å². The van der Waals surface area contributed by atoms with Gasteiger partial charge in [0, 0.05) is 12.0 Å². The lowest BCUT2D eigenvalue weighted by molar-refractivity contribution is -0.157. The van der Waals surface area contributed by atoms with E-state index in [1.807, 2.05) is 6.92 Å². The summed E-state index contributed by atoms with van der Waals surface area (Å²) in [6.45, 7) is 12.2. The molecule has 0 saturated carbocycles. The van der Waals surface area contributed by atoms with Crippen LogP contribution in [0.4, 0.5) is 4.79 Å². The van der Waals surface area contributed by atoms with Crippen LogP contribution in [0.3, 0.4) is 0 Å². The Morgan fingerprint density at radius 3 is 1.92 bits per heavy atom. The van der Waals surface area contributed by atoms with Crippen LogP contribution in [0.25, 0.3) is 0 Å². The van der Waals surface area contributed by atoms with Crippen molar-refractivity contribution in [3.8, 4) is 0 Å². The van der Waals surface area contributed by atoms with E-state index in [0.717, 1.165) is 0 Å². The predicted octanol–water partition coefficient (Wildman–Crippen LogP) is 3.12. The van der Waals surface area contributed by atoms with Crippen LogP contribution in [-0.2, 0) is 23.8 Å². The molecule has 7 nitrogen and oxygen atoms in total. The molecule has 0 bridgehead atoms. The van der Waals surface area contributed by atoms with E-state index in [4.69, 9.17) is 14.2 Å². The highest BCUT2D eigenvalue weighted by Gasteiger charge is 2.30. The van der Waals surface area contributed by atoms with Gasteiger partial charge in [0.15, 0.2) is 0 Å². The van der Waals surface area contributed by atoms with Gasteiger partial charge in [-0.2, -0.15) is 0 Å². The summed E-state index contributed by atoms with van der Waals surface area (Å²) in [5.74, 6) is -1.20. The number of hydrogen-bond acceptors (Lipinski definition) is 6. The van der Waals surface area contributed by atoms with E-state index in [-0.39, 0.29) is 12.0 Å². The Kier molecular flexibility index (Phi) is 8.66. The average Bonchev–Trinajstić information content (AvgIpc) is 2.41. The quantitative estimate of drug-likeness (QED) is 0.446. The van der Waals surface area contributed by atoms with Crippen molar-refractivity contribution in [2.75, 3.05) is 7.11 Å². The summed E-state index contributed by atoms with van der Waals surface area (Å²) in [4.78, 5) is 36.4. The number of carbonyl (C=O) groups is 3. The Morgan fingerprint density at radius 2 is 1.52 bits per heavy atom. The third-order valence-corrected chi connectivity index (χ3v) is 2.70. The maximum absolute atomic E-state index is 12.4. The van der Waals surface area contributed by atoms with Crippen LogP contribution < -0.4 is 5.32 Å². The molecule has 0 heterocycles. The zero-order valence-corrected chi connectivity index (χ0v) is 16.5. The number of rotatable bonds is 6. The number of hydrogen-bond donors (Lipinski definition) is 1. The molecule has 0 unspecified atom stereocenters. The molecule has 1 amide bonds. The number of esters is 2. The first-order valence-corrected chi connectivity index (χ1v) is 8.28. The minimum Gasteiger partial charge on any atom is -0.466 e. The number of allylic oxidation sites excluding steroid dienone is 1. The van der Waals surface area contributed by atoms with Crippen molar-refractivity contribution in [1.29, 1.82) is 0 Å². The fourth-order valence-electron chi connectivity index (χ4n) is 1.86. The predicted molar refractivity (Wildman–Crippen MR) is 94.0 cm³/mol. The second kappa shape index (κ2) is 9.44. The average molecular weight is 357 g/mol. The summed E-state index contributed by atoms with van der Waals surface area (Å²) >= 11 is 0. The van der Waals surface area contributed by atoms with Crippen molar-refractivity contribution >= 4 is 18.0 Å². The largest absolute Gasteiger partial charge is 0.466 e. The molecule has 0 radical (unpaired) electrons. The summed E-state index contributed by atoms with van der Waals surface area (Å²) in [5, 5.41) is 2.48. The molecule has 0 fully saturated rings. The maximum Gasteiger partial charge on any atom is 0.408 e. The SMILES string of the molecule is CC/C=C(\C[C@H](NC(=O)OC(C)(C)C)C(=O)OC(C)(C)C)C(=O)OC. The van der Waals surface area contributed by atoms with E-state index in [1.54, 1.807) is 47.6 Å². The van der Waals surface area contributed by atoms with Crippen LogP contribution in [0, 0.1) is 0 Å². The molecule has 7 heteroatoms. The topological polar surface area (TPSA) is 90.9 Å². The lowest BCUT2D eigenvalue weighted by Crippen LogP contribution is -2.46. The second-order valence-corrected chi connectivity index (χ2v) is 7.57. The van der Waals surface area contributed by atoms with Gasteiger partial charge in [0.2, 0.25) is 0 Å². The highest BCUT2D eigenvalue weighted by atomic mass is 16.6. The Labute approximate surface area is 150 Å². The van der Waals surface area contributed by atoms with Gasteiger partial charge in [-0.3, -0.25) is 0 Å². The molecule has 0 aliphatic carbocycles. The van der Waals surface area contributed by atoms with Crippen LogP contribution in [0.2, 0.25) is 0 Å². The monoisotopic (exact) mass is 357 g/mol. The van der Waals surface area contributed by atoms with Gasteiger partial charge in [0.25, 0.3) is 0 Å². The summed E-state index contributed by atoms with van der Waals surface area (Å²) in [7, 11) is 1.26. The minimum absolute atomic E-state index is 0.0470. The maximum atomic E-state index is 12.4. The molecule has 0 aliphatic heterocycles. The van der Waals surface area contributed by atoms with E-state index in [1.165, 1.54) is 7.11 Å². The highest BCUT2D eigenvalue weighted by molar-refractivity contribution is 5.90. The van der Waals surface area contributed by atoms with Gasteiger partial charge in [-0.25, -0.2) is 14.4 Å². The summed E-state index contributed by atoms with van der Waals surface area (Å²) in [6, 6.07) is -1.06. The van der Waals surface area contributed by atoms with E-state index < -0.39 is 35.3 Å². The lowest BCUT2D eigenvalue weighted by Gasteiger charge is -2.26. The molecule has 0 aromatic heterocycles. The van der Waals surface area contributed by atoms with Crippen LogP contribution in [0.5, 0.6) is 0 Å². The molecule has 0 aliphatic rings. The summed E-state index contributed by atoms with van der Waals surface area (Å²) in [6.07, 6.45) is 1.43. The molecule has 0 saturated heterocycles. The van der Waals surface area contributed by atoms with Crippen LogP contribution >= 0.6 is 0 Å². The Bertz CT molecular complexity index is 511. The van der Waals surface area contributed by atoms with E-state index >= 15 is 0 Å². The van der Waals surface area contributed by atoms with Crippen LogP contribution in [-0.4, -0.2) is 42.4 Å². The molecule has 0 aromatic carbocycles. The molecule has 0 spiro atoms. The van der Waals surface area contributed by atoms with Crippen molar-refractivity contribution in [1.82, 2.24) is 5.32 Å². The molecule has 1 N–H and O–H groups in total. The molecule has 144 valence electrons. The molecule has 0 aromatic rings. The summed E-state index contributed by atoms with van der Waals surface area (Å²) in [5.41, 5.74) is -1.16. The van der Waals surface area contributed by atoms with Crippen LogP contribution in [0.1, 0.15) is 61.3 Å². The fourth-order valence-corrected chi connectivity index (χ4v) is 1.86. The molecule has 25 heavy (non-hydrogen) atoms. The number of ether oxygens (including phenoxy) is 3. The van der Waals surface area contributed by atoms with Gasteiger partial charge in [0.05, 0.1) is 7.11 Å². The first-order chi connectivity index (χ1) is 11.3. The molecule has 0 rings (SSSR count). The zero-order chi connectivity index (χ0) is 19.8. The number of methoxy groups -OCH3 is 1. The standard InChI is InChI=1S/C18H31NO6/c1-9-10-12(14(20)23-8)11-13(15(21)24-17(2,3)4)19-16(22)25-18(5,6)7/h10,13H,9,11H2,1-8H3,(H,19,22)/b12-10+/t13-/m0/s1. The Hall–Kier alpha value is -2.05. The molecular weight excluding hydrogens is 326 g/mol. The molecule has 1 atom stereocenters. The smallest absolute Gasteiger partial charge is 0.408 e. The van der Waals surface area contributed by atoms with E-state index in [9.17, 15) is 14.4 Å². The number of carbonyl (C=O) groups excluding carboxylic acids is 3. The van der Waals surface area contributed by atoms with Gasteiger partial charge >= 0.3 is 18.0 Å². The van der Waals surface area contributed by atoms with Gasteiger partial charge in [0.1, 0.15) is 17.2 Å². The van der Waals surface area contributed by atoms with Crippen molar-refractivity contribution in [3.63, 3.8) is 0 Å². The van der Waals surface area contributed by atoms with Crippen molar-refractivity contribution in [3.05, 3.63) is 11.6 Å². The third kappa shape index (κ3) is 10.4. The van der Waals surface area contributed by atoms with Crippen molar-refractivity contribution in [2.45, 2.75) is 78.6 Å². The third-order valence-electron chi connectivity index (χ3n) is 2.70. The van der Waals surface area contributed by atoms with Gasteiger partial charge in [-0.05, 0) is 48.0 Å². The number of nitrogens with one attached hydrogen (secondary N) is 1. The van der Waals surface area contributed by atoms with Crippen molar-refractivity contribution in [2.24, 2.45) is 0 Å². The van der Waals surface area contributed by atoms with Crippen LogP contribution in [0.15, 0.2) is 11.6 Å². The zero-order valence-electron chi connectivity index (χ0n) is 16.5. The first kappa shape index (κ1) is 22.9. The summed E-state index contributed by atoms with van der Waals surface area (Å²) < 4.78 is 15.2. The van der Waals surface area contributed by atoms with Gasteiger partial charge < -0.3 is 19.5 Å². The normalized spacial score (nSPS) is 13.7. The van der Waals surface area contributed by atoms with Gasteiger partial charge in [-0.1, -0.05) is 13.0 Å². The van der Waals surface area contributed by atoms with Gasteiger partial charge in [-0.15, -0.1) is 0 Å². The van der Waals surface area contributed by atoms with E-state index in [0.29, 0.717) is 6.42 Å². The second-order valence-electron chi connectivity index (χ2n) is 7.57. The molecular formula is C18H31NO6. The lowest BCUT2D eigenvalue weighted by atomic mass is 10.0. The van der Waals surface area contributed by atoms with E-state index in [2.05, 4.69) is 5.32 Å². The number of amides is 1. The Morgan fingerprint density at radius 1 is 1.00 bits per heavy atom. The minimum atomic E-state index is -1.06.